The number of carboxylic acids is 1. The molecule has 0 aliphatic rings. The molecule has 0 bridgehead atoms. The Morgan fingerprint density at radius 2 is 1.71 bits per heavy atom. The highest BCUT2D eigenvalue weighted by atomic mass is 16.6. The van der Waals surface area contributed by atoms with E-state index >= 15 is 0 Å². The number of unbranched alkanes of at least 4 members (excludes halogenated alkanes) is 2. The molecule has 0 fully saturated rings. The second kappa shape index (κ2) is 12.9. The predicted octanol–water partition coefficient (Wildman–Crippen LogP) is 3.85. The van der Waals surface area contributed by atoms with Crippen LogP contribution in [0.4, 0.5) is 11.4 Å². The average molecular weight is 489 g/mol. The highest BCUT2D eigenvalue weighted by molar-refractivity contribution is 6.01. The number of benzene rings is 2. The minimum absolute atomic E-state index is 0.0837. The number of ether oxygens (including phenoxy) is 2. The summed E-state index contributed by atoms with van der Waals surface area (Å²) >= 11 is 0. The summed E-state index contributed by atoms with van der Waals surface area (Å²) in [5.74, 6) is -2.26. The molecule has 0 unspecified atom stereocenters. The van der Waals surface area contributed by atoms with E-state index in [2.05, 4.69) is 0 Å². The molecule has 0 atom stereocenters. The normalized spacial score (nSPS) is 10.5. The number of carbonyl (C=O) groups is 2. The van der Waals surface area contributed by atoms with Crippen molar-refractivity contribution < 1.29 is 34.0 Å². The van der Waals surface area contributed by atoms with Crippen molar-refractivity contribution in [2.75, 3.05) is 26.8 Å². The Hall–Kier alpha value is -4.22. The van der Waals surface area contributed by atoms with E-state index < -0.39 is 34.0 Å². The number of nitrogens with zero attached hydrogens (tertiary/aromatic N) is 3. The van der Waals surface area contributed by atoms with Gasteiger partial charge in [0.1, 0.15) is 12.1 Å². The van der Waals surface area contributed by atoms with Gasteiger partial charge in [-0.05, 0) is 30.5 Å². The minimum atomic E-state index is -1.30. The molecule has 0 radical (unpaired) electrons. The molecule has 0 aromatic heterocycles. The zero-order valence-electron chi connectivity index (χ0n) is 19.5. The summed E-state index contributed by atoms with van der Waals surface area (Å²) < 4.78 is 10.8. The van der Waals surface area contributed by atoms with Gasteiger partial charge in [0.25, 0.3) is 11.6 Å². The lowest BCUT2D eigenvalue weighted by atomic mass is 10.1. The van der Waals surface area contributed by atoms with Crippen molar-refractivity contribution in [1.29, 1.82) is 0 Å². The van der Waals surface area contributed by atoms with Crippen molar-refractivity contribution in [3.63, 3.8) is 0 Å². The van der Waals surface area contributed by atoms with Crippen LogP contribution in [0.5, 0.6) is 11.5 Å². The third-order valence-corrected chi connectivity index (χ3v) is 5.15. The fraction of sp³-hybridized carbons (Fsp3) is 0.391. The van der Waals surface area contributed by atoms with Crippen LogP contribution in [0.15, 0.2) is 36.4 Å². The number of amides is 1. The number of nitro benzene ring substituents is 2. The Morgan fingerprint density at radius 1 is 1.03 bits per heavy atom. The lowest BCUT2D eigenvalue weighted by Crippen LogP contribution is -2.37. The molecule has 0 spiro atoms. The van der Waals surface area contributed by atoms with E-state index in [1.807, 2.05) is 6.92 Å². The van der Waals surface area contributed by atoms with Crippen molar-refractivity contribution in [2.45, 2.75) is 32.6 Å². The van der Waals surface area contributed by atoms with Crippen LogP contribution in [0.3, 0.4) is 0 Å². The summed E-state index contributed by atoms with van der Waals surface area (Å²) in [5, 5.41) is 32.1. The van der Waals surface area contributed by atoms with Crippen molar-refractivity contribution in [3.8, 4) is 11.5 Å². The molecular weight excluding hydrogens is 462 g/mol. The van der Waals surface area contributed by atoms with Gasteiger partial charge in [0, 0.05) is 18.7 Å². The lowest BCUT2D eigenvalue weighted by Gasteiger charge is -2.21. The van der Waals surface area contributed by atoms with E-state index in [1.54, 1.807) is 0 Å². The van der Waals surface area contributed by atoms with Gasteiger partial charge in [0.15, 0.2) is 5.75 Å². The Labute approximate surface area is 201 Å². The third kappa shape index (κ3) is 7.39. The Balaban J connectivity index is 2.36. The van der Waals surface area contributed by atoms with Crippen LogP contribution in [-0.4, -0.2) is 58.5 Å². The number of nitro groups is 2. The van der Waals surface area contributed by atoms with Gasteiger partial charge < -0.3 is 19.5 Å². The van der Waals surface area contributed by atoms with Crippen LogP contribution in [-0.2, 0) is 11.2 Å². The fourth-order valence-corrected chi connectivity index (χ4v) is 3.37. The molecule has 0 saturated heterocycles. The molecule has 2 aromatic carbocycles. The molecule has 0 heterocycles. The first-order valence-corrected chi connectivity index (χ1v) is 10.9. The van der Waals surface area contributed by atoms with E-state index in [0.29, 0.717) is 12.0 Å². The van der Waals surface area contributed by atoms with Gasteiger partial charge in [0.2, 0.25) is 5.75 Å². The highest BCUT2D eigenvalue weighted by Gasteiger charge is 2.32. The molecule has 0 aliphatic heterocycles. The average Bonchev–Trinajstić information content (AvgIpc) is 2.83. The number of carboxylic acid groups (broad SMARTS) is 1. The molecular formula is C23H27N3O9. The maximum atomic E-state index is 13.3. The number of hydrogen-bond donors (Lipinski definition) is 1. The monoisotopic (exact) mass is 489 g/mol. The van der Waals surface area contributed by atoms with Crippen LogP contribution in [0, 0.1) is 20.2 Å². The van der Waals surface area contributed by atoms with Gasteiger partial charge in [-0.1, -0.05) is 31.9 Å². The highest BCUT2D eigenvalue weighted by Crippen LogP contribution is 2.40. The zero-order chi connectivity index (χ0) is 26.0. The number of aliphatic carboxylic acids is 1. The van der Waals surface area contributed by atoms with E-state index in [-0.39, 0.29) is 42.3 Å². The Kier molecular flexibility index (Phi) is 9.94. The topological polar surface area (TPSA) is 162 Å². The Morgan fingerprint density at radius 3 is 2.26 bits per heavy atom. The van der Waals surface area contributed by atoms with Crippen LogP contribution in [0.25, 0.3) is 0 Å². The molecule has 1 amide bonds. The molecule has 188 valence electrons. The van der Waals surface area contributed by atoms with E-state index in [4.69, 9.17) is 9.47 Å². The second-order valence-corrected chi connectivity index (χ2v) is 7.60. The summed E-state index contributed by atoms with van der Waals surface area (Å²) in [6, 6.07) is 8.17. The van der Waals surface area contributed by atoms with Crippen LogP contribution < -0.4 is 9.47 Å². The van der Waals surface area contributed by atoms with E-state index in [0.717, 1.165) is 17.7 Å². The first-order valence-electron chi connectivity index (χ1n) is 10.9. The van der Waals surface area contributed by atoms with Crippen molar-refractivity contribution >= 4 is 23.3 Å². The first kappa shape index (κ1) is 27.0. The quantitative estimate of drug-likeness (QED) is 0.236. The molecule has 12 nitrogen and oxygen atoms in total. The second-order valence-electron chi connectivity index (χ2n) is 7.60. The minimum Gasteiger partial charge on any atom is -0.493 e. The lowest BCUT2D eigenvalue weighted by molar-refractivity contribution is -0.386. The maximum Gasteiger partial charge on any atom is 0.327 e. The Bertz CT molecular complexity index is 1070. The van der Waals surface area contributed by atoms with E-state index in [9.17, 15) is 34.9 Å². The number of rotatable bonds is 14. The van der Waals surface area contributed by atoms with Crippen LogP contribution in [0.1, 0.15) is 42.1 Å². The fourth-order valence-electron chi connectivity index (χ4n) is 3.37. The maximum absolute atomic E-state index is 13.3. The molecule has 12 heteroatoms. The molecule has 0 saturated carbocycles. The number of carbonyl (C=O) groups excluding carboxylic acids is 1. The predicted molar refractivity (Wildman–Crippen MR) is 125 cm³/mol. The largest absolute Gasteiger partial charge is 0.493 e. The smallest absolute Gasteiger partial charge is 0.327 e. The van der Waals surface area contributed by atoms with Crippen molar-refractivity contribution in [1.82, 2.24) is 4.90 Å². The van der Waals surface area contributed by atoms with Gasteiger partial charge in [0.05, 0.1) is 23.6 Å². The summed E-state index contributed by atoms with van der Waals surface area (Å²) in [6.45, 7) is 1.40. The summed E-state index contributed by atoms with van der Waals surface area (Å²) in [6.07, 6.45) is 2.60. The number of methoxy groups -OCH3 is 1. The zero-order valence-corrected chi connectivity index (χ0v) is 19.5. The molecule has 0 aliphatic carbocycles. The van der Waals surface area contributed by atoms with Crippen molar-refractivity contribution in [2.24, 2.45) is 0 Å². The summed E-state index contributed by atoms with van der Waals surface area (Å²) in [5.41, 5.74) is -0.404. The standard InChI is InChI=1S/C23H27N3O9/c1-3-4-5-14-35-22-19(34-2)11-10-18(21(22)26(32)33)23(29)24(15-20(27)28)13-12-16-6-8-17(9-7-16)25(30)31/h6-11H,3-5,12-15H2,1-2H3,(H,27,28). The van der Waals surface area contributed by atoms with Crippen LogP contribution >= 0.6 is 0 Å². The molecule has 2 aromatic rings. The van der Waals surface area contributed by atoms with Gasteiger partial charge in [-0.25, -0.2) is 0 Å². The first-order chi connectivity index (χ1) is 16.7. The molecule has 2 rings (SSSR count). The van der Waals surface area contributed by atoms with E-state index in [1.165, 1.54) is 43.5 Å². The third-order valence-electron chi connectivity index (χ3n) is 5.15. The van der Waals surface area contributed by atoms with Crippen molar-refractivity contribution in [3.05, 3.63) is 67.8 Å². The summed E-state index contributed by atoms with van der Waals surface area (Å²) in [7, 11) is 1.32. The van der Waals surface area contributed by atoms with Gasteiger partial charge in [-0.15, -0.1) is 0 Å². The number of hydrogen-bond acceptors (Lipinski definition) is 8. The van der Waals surface area contributed by atoms with Gasteiger partial charge in [-0.2, -0.15) is 0 Å². The molecule has 1 N–H and O–H groups in total. The SMILES string of the molecule is CCCCCOc1c(OC)ccc(C(=O)N(CCc2ccc([N+](=O)[O-])cc2)CC(=O)O)c1[N+](=O)[O-]. The molecule has 35 heavy (non-hydrogen) atoms. The summed E-state index contributed by atoms with van der Waals surface area (Å²) in [4.78, 5) is 47.1. The number of non-ortho nitro benzene ring substituents is 1. The van der Waals surface area contributed by atoms with Gasteiger partial charge in [-0.3, -0.25) is 29.8 Å². The van der Waals surface area contributed by atoms with Crippen LogP contribution in [0.2, 0.25) is 0 Å². The van der Waals surface area contributed by atoms with Gasteiger partial charge >= 0.3 is 11.7 Å².